The second-order valence-corrected chi connectivity index (χ2v) is 5.06. The van der Waals surface area contributed by atoms with Gasteiger partial charge in [-0.25, -0.2) is 0 Å². The van der Waals surface area contributed by atoms with Gasteiger partial charge in [0, 0.05) is 11.3 Å². The zero-order valence-electron chi connectivity index (χ0n) is 13.5. The molecule has 0 aliphatic carbocycles. The smallest absolute Gasteiger partial charge is 0.265 e. The Kier molecular flexibility index (Phi) is 5.74. The molecule has 2 rings (SSSR count). The highest BCUT2D eigenvalue weighted by Gasteiger charge is 2.07. The summed E-state index contributed by atoms with van der Waals surface area (Å²) in [4.78, 5) is 17.0. The topological polar surface area (TPSA) is 59.9 Å². The van der Waals surface area contributed by atoms with Crippen molar-refractivity contribution in [2.24, 2.45) is 5.16 Å². The average molecular weight is 312 g/mol. The van der Waals surface area contributed by atoms with Gasteiger partial charge in [0.25, 0.3) is 5.91 Å². The van der Waals surface area contributed by atoms with Crippen LogP contribution in [0.15, 0.2) is 47.6 Å². The van der Waals surface area contributed by atoms with Crippen LogP contribution in [0.4, 0.5) is 5.69 Å². The molecule has 5 nitrogen and oxygen atoms in total. The Bertz CT molecular complexity index is 691. The Morgan fingerprint density at radius 1 is 1.13 bits per heavy atom. The van der Waals surface area contributed by atoms with E-state index in [1.807, 2.05) is 56.3 Å². The van der Waals surface area contributed by atoms with E-state index in [1.165, 1.54) is 6.21 Å². The number of methoxy groups -OCH3 is 1. The summed E-state index contributed by atoms with van der Waals surface area (Å²) in [5.41, 5.74) is 3.62. The van der Waals surface area contributed by atoms with Gasteiger partial charge >= 0.3 is 0 Å². The van der Waals surface area contributed by atoms with Crippen LogP contribution in [0.25, 0.3) is 0 Å². The van der Waals surface area contributed by atoms with Gasteiger partial charge < -0.3 is 14.9 Å². The molecule has 0 saturated carbocycles. The summed E-state index contributed by atoms with van der Waals surface area (Å²) >= 11 is 0. The van der Waals surface area contributed by atoms with Crippen molar-refractivity contribution < 1.29 is 14.4 Å². The Labute approximate surface area is 135 Å². The number of nitrogens with zero attached hydrogens (tertiary/aromatic N) is 1. The van der Waals surface area contributed by atoms with Gasteiger partial charge in [0.05, 0.1) is 13.3 Å². The maximum Gasteiger partial charge on any atom is 0.265 e. The highest BCUT2D eigenvalue weighted by molar-refractivity contribution is 5.93. The summed E-state index contributed by atoms with van der Waals surface area (Å²) in [6.07, 6.45) is 1.52. The molecule has 2 aromatic carbocycles. The Morgan fingerprint density at radius 3 is 2.52 bits per heavy atom. The summed E-state index contributed by atoms with van der Waals surface area (Å²) in [5, 5.41) is 6.65. The van der Waals surface area contributed by atoms with Crippen molar-refractivity contribution in [1.29, 1.82) is 0 Å². The van der Waals surface area contributed by atoms with E-state index in [9.17, 15) is 4.79 Å². The first-order valence-corrected chi connectivity index (χ1v) is 7.26. The third-order valence-electron chi connectivity index (χ3n) is 3.35. The third kappa shape index (κ3) is 4.57. The molecular formula is C18H20N2O3. The number of nitrogens with one attached hydrogen (secondary N) is 1. The van der Waals surface area contributed by atoms with Crippen LogP contribution < -0.4 is 10.1 Å². The number of carbonyl (C=O) groups excluding carboxylic acids is 1. The van der Waals surface area contributed by atoms with Crippen LogP contribution in [-0.4, -0.2) is 25.8 Å². The van der Waals surface area contributed by atoms with Crippen molar-refractivity contribution in [3.8, 4) is 5.75 Å². The maximum atomic E-state index is 11.9. The summed E-state index contributed by atoms with van der Waals surface area (Å²) in [6.45, 7) is 3.74. The first-order valence-electron chi connectivity index (χ1n) is 7.26. The molecule has 0 unspecified atom stereocenters. The van der Waals surface area contributed by atoms with Crippen LogP contribution in [0.3, 0.4) is 0 Å². The zero-order valence-corrected chi connectivity index (χ0v) is 13.5. The van der Waals surface area contributed by atoms with E-state index in [0.717, 1.165) is 22.4 Å². The van der Waals surface area contributed by atoms with E-state index in [1.54, 1.807) is 7.11 Å². The monoisotopic (exact) mass is 312 g/mol. The van der Waals surface area contributed by atoms with E-state index < -0.39 is 0 Å². The molecule has 0 spiro atoms. The van der Waals surface area contributed by atoms with Crippen LogP contribution in [0, 0.1) is 13.8 Å². The van der Waals surface area contributed by atoms with Crippen molar-refractivity contribution in [3.63, 3.8) is 0 Å². The minimum atomic E-state index is -0.250. The van der Waals surface area contributed by atoms with Crippen molar-refractivity contribution >= 4 is 17.8 Å². The summed E-state index contributed by atoms with van der Waals surface area (Å²) in [7, 11) is 1.59. The molecule has 23 heavy (non-hydrogen) atoms. The van der Waals surface area contributed by atoms with Gasteiger partial charge in [0.15, 0.2) is 6.61 Å². The quantitative estimate of drug-likeness (QED) is 0.657. The van der Waals surface area contributed by atoms with E-state index in [0.29, 0.717) is 5.75 Å². The van der Waals surface area contributed by atoms with E-state index in [4.69, 9.17) is 9.57 Å². The number of aryl methyl sites for hydroxylation is 2. The van der Waals surface area contributed by atoms with Crippen LogP contribution >= 0.6 is 0 Å². The lowest BCUT2D eigenvalue weighted by molar-refractivity contribution is -0.120. The standard InChI is InChI=1S/C18H20N2O3/c1-13-7-6-8-14(2)18(13)20-17(21)12-23-19-11-15-9-4-5-10-16(15)22-3/h4-11H,12H2,1-3H3,(H,20,21)/b19-11-. The lowest BCUT2D eigenvalue weighted by Crippen LogP contribution is -2.18. The number of para-hydroxylation sites is 2. The molecule has 0 fully saturated rings. The lowest BCUT2D eigenvalue weighted by atomic mass is 10.1. The highest BCUT2D eigenvalue weighted by atomic mass is 16.6. The normalized spacial score (nSPS) is 10.6. The third-order valence-corrected chi connectivity index (χ3v) is 3.35. The van der Waals surface area contributed by atoms with Gasteiger partial charge in [-0.2, -0.15) is 0 Å². The minimum Gasteiger partial charge on any atom is -0.496 e. The van der Waals surface area contributed by atoms with Crippen molar-refractivity contribution in [2.45, 2.75) is 13.8 Å². The number of carbonyl (C=O) groups is 1. The Morgan fingerprint density at radius 2 is 1.83 bits per heavy atom. The predicted molar refractivity (Wildman–Crippen MR) is 91.1 cm³/mol. The highest BCUT2D eigenvalue weighted by Crippen LogP contribution is 2.19. The SMILES string of the molecule is COc1ccccc1/C=N\OCC(=O)Nc1c(C)cccc1C. The molecule has 0 heterocycles. The molecule has 0 saturated heterocycles. The lowest BCUT2D eigenvalue weighted by Gasteiger charge is -2.10. The van der Waals surface area contributed by atoms with Gasteiger partial charge in [-0.15, -0.1) is 0 Å². The molecule has 0 atom stereocenters. The fourth-order valence-corrected chi connectivity index (χ4v) is 2.15. The van der Waals surface area contributed by atoms with Gasteiger partial charge in [0.2, 0.25) is 0 Å². The van der Waals surface area contributed by atoms with Crippen molar-refractivity contribution in [1.82, 2.24) is 0 Å². The van der Waals surface area contributed by atoms with Crippen LogP contribution in [0.1, 0.15) is 16.7 Å². The number of ether oxygens (including phenoxy) is 1. The largest absolute Gasteiger partial charge is 0.496 e. The average Bonchev–Trinajstić information content (AvgIpc) is 2.55. The molecule has 0 aliphatic rings. The molecule has 0 aromatic heterocycles. The predicted octanol–water partition coefficient (Wildman–Crippen LogP) is 3.30. The van der Waals surface area contributed by atoms with Crippen molar-refractivity contribution in [2.75, 3.05) is 19.0 Å². The fourth-order valence-electron chi connectivity index (χ4n) is 2.15. The van der Waals surface area contributed by atoms with Crippen molar-refractivity contribution in [3.05, 3.63) is 59.2 Å². The first kappa shape index (κ1) is 16.5. The summed E-state index contributed by atoms with van der Waals surface area (Å²) in [6, 6.07) is 13.3. The number of amides is 1. The molecule has 1 N–H and O–H groups in total. The first-order chi connectivity index (χ1) is 11.1. The molecular weight excluding hydrogens is 292 g/mol. The number of hydrogen-bond donors (Lipinski definition) is 1. The van der Waals surface area contributed by atoms with Crippen LogP contribution in [0.5, 0.6) is 5.75 Å². The second kappa shape index (κ2) is 7.98. The van der Waals surface area contributed by atoms with Gasteiger partial charge in [-0.05, 0) is 37.1 Å². The van der Waals surface area contributed by atoms with Crippen LogP contribution in [-0.2, 0) is 9.63 Å². The van der Waals surface area contributed by atoms with E-state index in [2.05, 4.69) is 10.5 Å². The van der Waals surface area contributed by atoms with Crippen LogP contribution in [0.2, 0.25) is 0 Å². The molecule has 2 aromatic rings. The Balaban J connectivity index is 1.89. The minimum absolute atomic E-state index is 0.153. The molecule has 0 aliphatic heterocycles. The molecule has 0 radical (unpaired) electrons. The number of hydrogen-bond acceptors (Lipinski definition) is 4. The zero-order chi connectivity index (χ0) is 16.7. The summed E-state index contributed by atoms with van der Waals surface area (Å²) < 4.78 is 5.20. The van der Waals surface area contributed by atoms with Gasteiger partial charge in [-0.1, -0.05) is 35.5 Å². The second-order valence-electron chi connectivity index (χ2n) is 5.06. The van der Waals surface area contributed by atoms with Gasteiger partial charge in [-0.3, -0.25) is 4.79 Å². The van der Waals surface area contributed by atoms with Gasteiger partial charge in [0.1, 0.15) is 5.75 Å². The molecule has 0 bridgehead atoms. The van der Waals surface area contributed by atoms with E-state index >= 15 is 0 Å². The van der Waals surface area contributed by atoms with E-state index in [-0.39, 0.29) is 12.5 Å². The number of rotatable bonds is 6. The Hall–Kier alpha value is -2.82. The maximum absolute atomic E-state index is 11.9. The summed E-state index contributed by atoms with van der Waals surface area (Å²) in [5.74, 6) is 0.444. The fraction of sp³-hybridized carbons (Fsp3) is 0.222. The number of oxime groups is 1. The molecule has 120 valence electrons. The number of anilines is 1. The number of benzene rings is 2. The molecule has 1 amide bonds. The molecule has 5 heteroatoms.